The summed E-state index contributed by atoms with van der Waals surface area (Å²) in [5.74, 6) is 0.909. The first-order chi connectivity index (χ1) is 8.57. The van der Waals surface area contributed by atoms with Gasteiger partial charge < -0.3 is 5.32 Å². The molecule has 1 atom stereocenters. The molecule has 1 aromatic rings. The number of rotatable bonds is 1. The first-order valence-electron chi connectivity index (χ1n) is 6.51. The molecule has 4 heteroatoms. The molecule has 98 valence electrons. The monoisotopic (exact) mass is 255 g/mol. The fraction of sp³-hybridized carbons (Fsp3) is 0.571. The van der Waals surface area contributed by atoms with Crippen LogP contribution in [0.15, 0.2) is 18.2 Å². The van der Waals surface area contributed by atoms with Crippen molar-refractivity contribution in [3.05, 3.63) is 29.3 Å². The van der Waals surface area contributed by atoms with Crippen molar-refractivity contribution in [1.29, 1.82) is 0 Å². The molecule has 2 aliphatic rings. The molecule has 1 unspecified atom stereocenters. The summed E-state index contributed by atoms with van der Waals surface area (Å²) in [6, 6.07) is 4.58. The van der Waals surface area contributed by atoms with E-state index in [4.69, 9.17) is 0 Å². The third-order valence-corrected chi connectivity index (χ3v) is 4.28. The van der Waals surface area contributed by atoms with Crippen LogP contribution in [0.3, 0.4) is 0 Å². The molecule has 0 saturated heterocycles. The van der Waals surface area contributed by atoms with Crippen molar-refractivity contribution in [2.75, 3.05) is 11.9 Å². The van der Waals surface area contributed by atoms with E-state index in [1.807, 2.05) is 6.07 Å². The summed E-state index contributed by atoms with van der Waals surface area (Å²) in [5.41, 5.74) is 0.693. The van der Waals surface area contributed by atoms with Gasteiger partial charge in [-0.15, -0.1) is 0 Å². The molecule has 1 N–H and O–H groups in total. The highest BCUT2D eigenvalue weighted by atomic mass is 19.4. The Morgan fingerprint density at radius 2 is 1.89 bits per heavy atom. The normalized spacial score (nSPS) is 24.1. The molecule has 1 aliphatic carbocycles. The number of hydrogen-bond acceptors (Lipinski definition) is 1. The minimum Gasteiger partial charge on any atom is -0.384 e. The summed E-state index contributed by atoms with van der Waals surface area (Å²) in [7, 11) is 0. The molecule has 3 rings (SSSR count). The summed E-state index contributed by atoms with van der Waals surface area (Å²) in [5, 5.41) is 2.95. The van der Waals surface area contributed by atoms with Gasteiger partial charge in [-0.2, -0.15) is 13.2 Å². The standard InChI is InChI=1S/C14H16F3N/c15-14(16,17)12-6-2-5-11-10(9-3-1-4-9)7-8-18-13(11)12/h2,5-6,9-10,18H,1,3-4,7-8H2. The first kappa shape index (κ1) is 11.9. The smallest absolute Gasteiger partial charge is 0.384 e. The second-order valence-electron chi connectivity index (χ2n) is 5.28. The summed E-state index contributed by atoms with van der Waals surface area (Å²) in [4.78, 5) is 0. The maximum Gasteiger partial charge on any atom is 0.418 e. The molecule has 18 heavy (non-hydrogen) atoms. The van der Waals surface area contributed by atoms with Gasteiger partial charge in [-0.3, -0.25) is 0 Å². The number of para-hydroxylation sites is 1. The van der Waals surface area contributed by atoms with Gasteiger partial charge in [0.15, 0.2) is 0 Å². The van der Waals surface area contributed by atoms with Gasteiger partial charge in [0.05, 0.1) is 5.56 Å². The molecule has 0 spiro atoms. The van der Waals surface area contributed by atoms with Crippen molar-refractivity contribution in [3.8, 4) is 0 Å². The molecular weight excluding hydrogens is 239 g/mol. The average molecular weight is 255 g/mol. The van der Waals surface area contributed by atoms with E-state index in [-0.39, 0.29) is 0 Å². The average Bonchev–Trinajstić information content (AvgIpc) is 2.25. The van der Waals surface area contributed by atoms with Crippen LogP contribution in [-0.2, 0) is 6.18 Å². The number of hydrogen-bond donors (Lipinski definition) is 1. The maximum absolute atomic E-state index is 13.0. The zero-order chi connectivity index (χ0) is 12.8. The maximum atomic E-state index is 13.0. The first-order valence-corrected chi connectivity index (χ1v) is 6.51. The number of anilines is 1. The van der Waals surface area contributed by atoms with Gasteiger partial charge in [-0.25, -0.2) is 0 Å². The van der Waals surface area contributed by atoms with E-state index in [0.717, 1.165) is 12.0 Å². The summed E-state index contributed by atoms with van der Waals surface area (Å²) < 4.78 is 38.9. The number of benzene rings is 1. The second kappa shape index (κ2) is 4.18. The van der Waals surface area contributed by atoms with Gasteiger partial charge in [0.1, 0.15) is 0 Å². The van der Waals surface area contributed by atoms with Crippen LogP contribution >= 0.6 is 0 Å². The number of alkyl halides is 3. The lowest BCUT2D eigenvalue weighted by molar-refractivity contribution is -0.137. The van der Waals surface area contributed by atoms with Crippen molar-refractivity contribution in [2.24, 2.45) is 5.92 Å². The Labute approximate surface area is 104 Å². The molecule has 1 fully saturated rings. The Hall–Kier alpha value is -1.19. The van der Waals surface area contributed by atoms with Crippen LogP contribution < -0.4 is 5.32 Å². The lowest BCUT2D eigenvalue weighted by Crippen LogP contribution is -2.28. The topological polar surface area (TPSA) is 12.0 Å². The quantitative estimate of drug-likeness (QED) is 0.784. The molecule has 1 heterocycles. The molecule has 0 aromatic heterocycles. The van der Waals surface area contributed by atoms with E-state index in [9.17, 15) is 13.2 Å². The van der Waals surface area contributed by atoms with Gasteiger partial charge in [-0.05, 0) is 42.7 Å². The van der Waals surface area contributed by atoms with E-state index >= 15 is 0 Å². The second-order valence-corrected chi connectivity index (χ2v) is 5.28. The third-order valence-electron chi connectivity index (χ3n) is 4.28. The molecule has 0 radical (unpaired) electrons. The lowest BCUT2D eigenvalue weighted by Gasteiger charge is -2.38. The fourth-order valence-corrected chi connectivity index (χ4v) is 3.15. The summed E-state index contributed by atoms with van der Waals surface area (Å²) in [6.07, 6.45) is 0.252. The zero-order valence-corrected chi connectivity index (χ0v) is 10.1. The molecule has 0 bridgehead atoms. The highest BCUT2D eigenvalue weighted by Gasteiger charge is 2.38. The van der Waals surface area contributed by atoms with E-state index in [1.54, 1.807) is 6.07 Å². The molecule has 1 aliphatic heterocycles. The molecule has 1 aromatic carbocycles. The predicted octanol–water partition coefficient (Wildman–Crippen LogP) is 4.40. The van der Waals surface area contributed by atoms with Gasteiger partial charge in [0.25, 0.3) is 0 Å². The van der Waals surface area contributed by atoms with E-state index in [0.29, 0.717) is 24.1 Å². The zero-order valence-electron chi connectivity index (χ0n) is 10.1. The molecule has 0 amide bonds. The van der Waals surface area contributed by atoms with Crippen LogP contribution in [0, 0.1) is 5.92 Å². The van der Waals surface area contributed by atoms with Crippen LogP contribution in [0.1, 0.15) is 42.7 Å². The van der Waals surface area contributed by atoms with Crippen molar-refractivity contribution in [3.63, 3.8) is 0 Å². The van der Waals surface area contributed by atoms with Crippen molar-refractivity contribution in [2.45, 2.75) is 37.8 Å². The lowest BCUT2D eigenvalue weighted by atomic mass is 9.70. The highest BCUT2D eigenvalue weighted by molar-refractivity contribution is 5.62. The molecule has 1 nitrogen and oxygen atoms in total. The van der Waals surface area contributed by atoms with E-state index in [1.165, 1.54) is 25.3 Å². The Bertz CT molecular complexity index is 449. The largest absolute Gasteiger partial charge is 0.418 e. The summed E-state index contributed by atoms with van der Waals surface area (Å²) in [6.45, 7) is 0.654. The van der Waals surface area contributed by atoms with Crippen molar-refractivity contribution >= 4 is 5.69 Å². The molecular formula is C14H16F3N. The minimum absolute atomic E-state index is 0.317. The van der Waals surface area contributed by atoms with Gasteiger partial charge in [-0.1, -0.05) is 18.6 Å². The van der Waals surface area contributed by atoms with Crippen molar-refractivity contribution in [1.82, 2.24) is 0 Å². The van der Waals surface area contributed by atoms with Gasteiger partial charge >= 0.3 is 6.18 Å². The summed E-state index contributed by atoms with van der Waals surface area (Å²) >= 11 is 0. The SMILES string of the molecule is FC(F)(F)c1cccc2c1NCCC2C1CCC1. The predicted molar refractivity (Wildman–Crippen MR) is 64.6 cm³/mol. The van der Waals surface area contributed by atoms with Crippen molar-refractivity contribution < 1.29 is 13.2 Å². The Balaban J connectivity index is 2.02. The Kier molecular flexibility index (Phi) is 2.76. The van der Waals surface area contributed by atoms with Gasteiger partial charge in [0, 0.05) is 12.2 Å². The van der Waals surface area contributed by atoms with E-state index in [2.05, 4.69) is 5.32 Å². The Morgan fingerprint density at radius 1 is 1.11 bits per heavy atom. The minimum atomic E-state index is -4.26. The van der Waals surface area contributed by atoms with Crippen LogP contribution in [-0.4, -0.2) is 6.54 Å². The van der Waals surface area contributed by atoms with E-state index < -0.39 is 11.7 Å². The van der Waals surface area contributed by atoms with Crippen LogP contribution in [0.25, 0.3) is 0 Å². The highest BCUT2D eigenvalue weighted by Crippen LogP contribution is 2.48. The number of halogens is 3. The number of nitrogens with one attached hydrogen (secondary N) is 1. The van der Waals surface area contributed by atoms with Crippen LogP contribution in [0.4, 0.5) is 18.9 Å². The third kappa shape index (κ3) is 1.88. The van der Waals surface area contributed by atoms with Gasteiger partial charge in [0.2, 0.25) is 0 Å². The molecule has 1 saturated carbocycles. The van der Waals surface area contributed by atoms with Crippen LogP contribution in [0.5, 0.6) is 0 Å². The van der Waals surface area contributed by atoms with Crippen LogP contribution in [0.2, 0.25) is 0 Å². The fourth-order valence-electron chi connectivity index (χ4n) is 3.15. The number of fused-ring (bicyclic) bond motifs is 1. The Morgan fingerprint density at radius 3 is 2.50 bits per heavy atom.